The van der Waals surface area contributed by atoms with E-state index >= 15 is 0 Å². The number of carbonyl (C=O) groups is 1. The van der Waals surface area contributed by atoms with Gasteiger partial charge < -0.3 is 20.1 Å². The lowest BCUT2D eigenvalue weighted by atomic mass is 9.98. The summed E-state index contributed by atoms with van der Waals surface area (Å²) < 4.78 is 37.0. The van der Waals surface area contributed by atoms with Gasteiger partial charge in [0.05, 0.1) is 16.7 Å². The molecule has 3 aromatic carbocycles. The Morgan fingerprint density at radius 2 is 1.70 bits per heavy atom. The van der Waals surface area contributed by atoms with E-state index in [2.05, 4.69) is 15.5 Å². The number of nitrogens with zero attached hydrogens (tertiary/aromatic N) is 1. The monoisotopic (exact) mass is 521 g/mol. The van der Waals surface area contributed by atoms with Crippen LogP contribution in [0.2, 0.25) is 0 Å². The van der Waals surface area contributed by atoms with E-state index in [1.54, 1.807) is 12.1 Å². The van der Waals surface area contributed by atoms with Crippen LogP contribution in [-0.2, 0) is 35.1 Å². The third kappa shape index (κ3) is 5.42. The number of benzene rings is 3. The second-order valence-corrected chi connectivity index (χ2v) is 11.6. The number of hydrogen-bond acceptors (Lipinski definition) is 6. The first kappa shape index (κ1) is 25.1. The molecule has 1 unspecified atom stereocenters. The first-order valence-corrected chi connectivity index (χ1v) is 14.0. The zero-order chi connectivity index (χ0) is 26.2. The molecule has 0 aromatic heterocycles. The maximum absolute atomic E-state index is 13.0. The number of sulfone groups is 1. The highest BCUT2D eigenvalue weighted by Gasteiger charge is 2.22. The Balaban J connectivity index is 1.22. The van der Waals surface area contributed by atoms with E-state index < -0.39 is 9.84 Å². The molecule has 2 heterocycles. The van der Waals surface area contributed by atoms with Crippen LogP contribution < -0.4 is 20.1 Å². The van der Waals surface area contributed by atoms with Gasteiger partial charge in [0.2, 0.25) is 6.79 Å². The molecule has 37 heavy (non-hydrogen) atoms. The molecule has 9 heteroatoms. The second-order valence-electron chi connectivity index (χ2n) is 9.64. The third-order valence-electron chi connectivity index (χ3n) is 6.81. The topological polar surface area (TPSA) is 97.0 Å². The fraction of sp³-hybridized carbons (Fsp3) is 0.321. The lowest BCUT2D eigenvalue weighted by molar-refractivity contribution is 0.174. The number of aryl methyl sites for hydroxylation is 1. The summed E-state index contributed by atoms with van der Waals surface area (Å²) in [5, 5.41) is 5.73. The fourth-order valence-electron chi connectivity index (χ4n) is 4.91. The van der Waals surface area contributed by atoms with Gasteiger partial charge in [-0.05, 0) is 84.6 Å². The minimum absolute atomic E-state index is 0.0654. The van der Waals surface area contributed by atoms with Crippen LogP contribution in [0.1, 0.15) is 47.7 Å². The van der Waals surface area contributed by atoms with E-state index in [0.29, 0.717) is 11.4 Å². The molecule has 0 spiro atoms. The molecule has 2 amide bonds. The van der Waals surface area contributed by atoms with Gasteiger partial charge in [0.1, 0.15) is 0 Å². The molecular weight excluding hydrogens is 490 g/mol. The van der Waals surface area contributed by atoms with Crippen molar-refractivity contribution in [1.29, 1.82) is 0 Å². The first-order valence-electron chi connectivity index (χ1n) is 12.3. The van der Waals surface area contributed by atoms with Crippen molar-refractivity contribution in [3.05, 3.63) is 82.4 Å². The number of ether oxygens (including phenoxy) is 2. The molecule has 2 N–H and O–H groups in total. The molecule has 2 aliphatic heterocycles. The predicted octanol–water partition coefficient (Wildman–Crippen LogP) is 4.78. The van der Waals surface area contributed by atoms with Gasteiger partial charge in [0.15, 0.2) is 21.3 Å². The van der Waals surface area contributed by atoms with E-state index in [9.17, 15) is 13.2 Å². The number of amides is 2. The van der Waals surface area contributed by atoms with Gasteiger partial charge in [-0.25, -0.2) is 13.2 Å². The number of hydrogen-bond donors (Lipinski definition) is 2. The number of urea groups is 1. The highest BCUT2D eigenvalue weighted by atomic mass is 32.2. The van der Waals surface area contributed by atoms with Crippen molar-refractivity contribution in [3.63, 3.8) is 0 Å². The SMILES string of the molecule is CCc1cc2c(cc1C(C)NC(=O)Nc1ccc(S(=O)(=O)Cc3ccc4c(c3)CN(C)C4)cc1)OCO2. The van der Waals surface area contributed by atoms with Crippen molar-refractivity contribution in [2.75, 3.05) is 19.2 Å². The van der Waals surface area contributed by atoms with Gasteiger partial charge in [0.25, 0.3) is 0 Å². The minimum atomic E-state index is -3.52. The van der Waals surface area contributed by atoms with Crippen LogP contribution in [0.3, 0.4) is 0 Å². The molecule has 2 aliphatic rings. The minimum Gasteiger partial charge on any atom is -0.454 e. The summed E-state index contributed by atoms with van der Waals surface area (Å²) >= 11 is 0. The molecule has 0 fully saturated rings. The molecule has 0 saturated carbocycles. The van der Waals surface area contributed by atoms with E-state index in [4.69, 9.17) is 9.47 Å². The standard InChI is InChI=1S/C28H31N3O5S/c1-4-20-12-26-27(36-17-35-26)13-25(20)18(2)29-28(32)30-23-7-9-24(10-8-23)37(33,34)16-19-5-6-21-14-31(3)15-22(21)11-19/h5-13,18H,4,14-17H2,1-3H3,(H2,29,30,32). The molecule has 1 atom stereocenters. The van der Waals surface area contributed by atoms with E-state index in [1.807, 2.05) is 51.2 Å². The molecule has 5 rings (SSSR count). The van der Waals surface area contributed by atoms with Gasteiger partial charge in [-0.15, -0.1) is 0 Å². The smallest absolute Gasteiger partial charge is 0.319 e. The van der Waals surface area contributed by atoms with Crippen molar-refractivity contribution in [2.24, 2.45) is 0 Å². The zero-order valence-electron chi connectivity index (χ0n) is 21.2. The second kappa shape index (κ2) is 10.1. The van der Waals surface area contributed by atoms with Crippen LogP contribution in [0.5, 0.6) is 11.5 Å². The largest absolute Gasteiger partial charge is 0.454 e. The first-order chi connectivity index (χ1) is 17.7. The van der Waals surface area contributed by atoms with E-state index in [-0.39, 0.29) is 29.5 Å². The maximum Gasteiger partial charge on any atom is 0.319 e. The summed E-state index contributed by atoms with van der Waals surface area (Å²) in [6.07, 6.45) is 0.790. The van der Waals surface area contributed by atoms with Gasteiger partial charge in [-0.1, -0.05) is 25.1 Å². The quantitative estimate of drug-likeness (QED) is 0.465. The highest BCUT2D eigenvalue weighted by molar-refractivity contribution is 7.90. The summed E-state index contributed by atoms with van der Waals surface area (Å²) in [6, 6.07) is 15.4. The average Bonchev–Trinajstić information content (AvgIpc) is 3.47. The van der Waals surface area contributed by atoms with Crippen molar-refractivity contribution >= 4 is 21.6 Å². The van der Waals surface area contributed by atoms with Gasteiger partial charge in [-0.3, -0.25) is 4.90 Å². The summed E-state index contributed by atoms with van der Waals surface area (Å²) in [6.45, 7) is 5.87. The highest BCUT2D eigenvalue weighted by Crippen LogP contribution is 2.37. The summed E-state index contributed by atoms with van der Waals surface area (Å²) in [5.41, 5.74) is 5.74. The normalized spacial score (nSPS) is 15.3. The Bertz CT molecular complexity index is 1440. The summed E-state index contributed by atoms with van der Waals surface area (Å²) in [7, 11) is -1.47. The lowest BCUT2D eigenvalue weighted by Crippen LogP contribution is -2.31. The predicted molar refractivity (Wildman–Crippen MR) is 141 cm³/mol. The Morgan fingerprint density at radius 1 is 1.00 bits per heavy atom. The molecule has 3 aromatic rings. The average molecular weight is 522 g/mol. The van der Waals surface area contributed by atoms with Crippen LogP contribution in [-0.4, -0.2) is 33.2 Å². The molecule has 0 saturated heterocycles. The lowest BCUT2D eigenvalue weighted by Gasteiger charge is -2.19. The van der Waals surface area contributed by atoms with Crippen LogP contribution in [0.25, 0.3) is 0 Å². The Labute approximate surface area is 217 Å². The molecule has 0 bridgehead atoms. The maximum atomic E-state index is 13.0. The molecule has 194 valence electrons. The Morgan fingerprint density at radius 3 is 2.43 bits per heavy atom. The molecular formula is C28H31N3O5S. The molecule has 0 radical (unpaired) electrons. The van der Waals surface area contributed by atoms with Gasteiger partial charge >= 0.3 is 6.03 Å². The van der Waals surface area contributed by atoms with Crippen molar-refractivity contribution in [3.8, 4) is 11.5 Å². The summed E-state index contributed by atoms with van der Waals surface area (Å²) in [5.74, 6) is 1.32. The van der Waals surface area contributed by atoms with Gasteiger partial charge in [-0.2, -0.15) is 0 Å². The number of fused-ring (bicyclic) bond motifs is 2. The van der Waals surface area contributed by atoms with Crippen LogP contribution in [0, 0.1) is 0 Å². The van der Waals surface area contributed by atoms with Crippen LogP contribution in [0.15, 0.2) is 59.5 Å². The Hall–Kier alpha value is -3.56. The van der Waals surface area contributed by atoms with Gasteiger partial charge in [0, 0.05) is 18.8 Å². The fourth-order valence-corrected chi connectivity index (χ4v) is 6.24. The number of carbonyl (C=O) groups excluding carboxylic acids is 1. The molecule has 0 aliphatic carbocycles. The van der Waals surface area contributed by atoms with Crippen molar-refractivity contribution in [2.45, 2.75) is 50.0 Å². The van der Waals surface area contributed by atoms with Crippen molar-refractivity contribution < 1.29 is 22.7 Å². The molecule has 8 nitrogen and oxygen atoms in total. The summed E-state index contributed by atoms with van der Waals surface area (Å²) in [4.78, 5) is 15.1. The third-order valence-corrected chi connectivity index (χ3v) is 8.51. The Kier molecular flexibility index (Phi) is 6.83. The zero-order valence-corrected chi connectivity index (χ0v) is 22.0. The number of nitrogens with one attached hydrogen (secondary N) is 2. The number of anilines is 1. The van der Waals surface area contributed by atoms with Crippen LogP contribution >= 0.6 is 0 Å². The van der Waals surface area contributed by atoms with Crippen LogP contribution in [0.4, 0.5) is 10.5 Å². The van der Waals surface area contributed by atoms with E-state index in [0.717, 1.165) is 42.0 Å². The van der Waals surface area contributed by atoms with E-state index in [1.165, 1.54) is 23.3 Å². The van der Waals surface area contributed by atoms with Crippen molar-refractivity contribution in [1.82, 2.24) is 10.2 Å². The number of rotatable bonds is 7.